The predicted molar refractivity (Wildman–Crippen MR) is 123 cm³/mol. The third-order valence-electron chi connectivity index (χ3n) is 5.74. The van der Waals surface area contributed by atoms with Gasteiger partial charge in [0, 0.05) is 35.8 Å². The minimum Gasteiger partial charge on any atom is -0.366 e. The molecule has 0 aromatic carbocycles. The van der Waals surface area contributed by atoms with Gasteiger partial charge in [0.1, 0.15) is 5.69 Å². The maximum absolute atomic E-state index is 12.9. The quantitative estimate of drug-likeness (QED) is 0.403. The molecule has 0 aliphatic heterocycles. The van der Waals surface area contributed by atoms with Gasteiger partial charge in [-0.15, -0.1) is 5.10 Å². The van der Waals surface area contributed by atoms with Crippen LogP contribution in [0, 0.1) is 0 Å². The summed E-state index contributed by atoms with van der Waals surface area (Å²) in [6, 6.07) is 4.52. The van der Waals surface area contributed by atoms with Gasteiger partial charge in [-0.2, -0.15) is 10.1 Å². The van der Waals surface area contributed by atoms with Crippen molar-refractivity contribution in [3.8, 4) is 11.1 Å². The lowest BCUT2D eigenvalue weighted by Crippen LogP contribution is -2.32. The molecule has 34 heavy (non-hydrogen) atoms. The van der Waals surface area contributed by atoms with E-state index in [-0.39, 0.29) is 29.6 Å². The zero-order valence-corrected chi connectivity index (χ0v) is 19.1. The summed E-state index contributed by atoms with van der Waals surface area (Å²) in [7, 11) is 0. The molecule has 0 aliphatic rings. The Hall–Kier alpha value is -3.89. The van der Waals surface area contributed by atoms with Crippen molar-refractivity contribution in [2.24, 2.45) is 0 Å². The van der Waals surface area contributed by atoms with Crippen molar-refractivity contribution < 1.29 is 13.6 Å². The van der Waals surface area contributed by atoms with Gasteiger partial charge in [-0.3, -0.25) is 14.5 Å². The summed E-state index contributed by atoms with van der Waals surface area (Å²) in [5, 5.41) is 11.6. The third kappa shape index (κ3) is 4.59. The molecule has 4 aromatic rings. The van der Waals surface area contributed by atoms with E-state index in [1.165, 1.54) is 16.8 Å². The first-order chi connectivity index (χ1) is 16.3. The molecule has 1 unspecified atom stereocenters. The first kappa shape index (κ1) is 23.3. The number of nitrogen functional groups attached to an aromatic ring is 1. The second-order valence-corrected chi connectivity index (χ2v) is 8.11. The van der Waals surface area contributed by atoms with E-state index in [4.69, 9.17) is 5.73 Å². The van der Waals surface area contributed by atoms with Crippen LogP contribution in [0.2, 0.25) is 0 Å². The van der Waals surface area contributed by atoms with Crippen molar-refractivity contribution in [1.82, 2.24) is 34.7 Å². The van der Waals surface area contributed by atoms with Crippen molar-refractivity contribution >= 4 is 17.5 Å². The summed E-state index contributed by atoms with van der Waals surface area (Å²) in [5.74, 6) is -0.200. The van der Waals surface area contributed by atoms with Crippen LogP contribution in [-0.4, -0.2) is 41.3 Å². The molecule has 0 bridgehead atoms. The second-order valence-electron chi connectivity index (χ2n) is 8.11. The Morgan fingerprint density at radius 1 is 1.15 bits per heavy atom. The molecule has 9 nitrogen and oxygen atoms in total. The Morgan fingerprint density at radius 3 is 2.59 bits per heavy atom. The van der Waals surface area contributed by atoms with Crippen molar-refractivity contribution in [3.05, 3.63) is 59.8 Å². The fourth-order valence-electron chi connectivity index (χ4n) is 3.71. The van der Waals surface area contributed by atoms with Crippen LogP contribution in [0.5, 0.6) is 0 Å². The predicted octanol–water partition coefficient (Wildman–Crippen LogP) is 4.04. The first-order valence-corrected chi connectivity index (χ1v) is 11.1. The Balaban J connectivity index is 1.70. The van der Waals surface area contributed by atoms with E-state index in [1.807, 2.05) is 27.0 Å². The van der Waals surface area contributed by atoms with Crippen LogP contribution in [0.25, 0.3) is 16.8 Å². The van der Waals surface area contributed by atoms with E-state index in [2.05, 4.69) is 25.5 Å². The van der Waals surface area contributed by atoms with Crippen molar-refractivity contribution in [3.63, 3.8) is 0 Å². The lowest BCUT2D eigenvalue weighted by molar-refractivity contribution is 0.0940. The molecule has 0 spiro atoms. The number of carbonyl (C=O) groups is 1. The largest absolute Gasteiger partial charge is 0.366 e. The number of anilines is 1. The van der Waals surface area contributed by atoms with Gasteiger partial charge in [0.2, 0.25) is 5.95 Å². The minimum atomic E-state index is -2.61. The number of rotatable bonds is 8. The number of fused-ring (bicyclic) bond motifs is 1. The molecule has 11 heteroatoms. The van der Waals surface area contributed by atoms with Crippen LogP contribution in [0.4, 0.5) is 14.7 Å². The van der Waals surface area contributed by atoms with Crippen LogP contribution >= 0.6 is 0 Å². The molecule has 0 saturated carbocycles. The van der Waals surface area contributed by atoms with Gasteiger partial charge in [0.05, 0.1) is 17.8 Å². The minimum absolute atomic E-state index is 0.00499. The average Bonchev–Trinajstić information content (AvgIpc) is 3.45. The van der Waals surface area contributed by atoms with E-state index < -0.39 is 6.43 Å². The summed E-state index contributed by atoms with van der Waals surface area (Å²) < 4.78 is 29.0. The highest BCUT2D eigenvalue weighted by Gasteiger charge is 2.20. The molecule has 4 aromatic heterocycles. The molecule has 0 aliphatic carbocycles. The number of hydrogen-bond donors (Lipinski definition) is 2. The van der Waals surface area contributed by atoms with Gasteiger partial charge < -0.3 is 11.1 Å². The van der Waals surface area contributed by atoms with Crippen LogP contribution in [0.3, 0.4) is 0 Å². The number of nitrogens with one attached hydrogen (secondary N) is 1. The highest BCUT2D eigenvalue weighted by Crippen LogP contribution is 2.27. The molecule has 0 fully saturated rings. The lowest BCUT2D eigenvalue weighted by Gasteiger charge is -2.16. The number of hydrogen-bond acceptors (Lipinski definition) is 6. The average molecular weight is 469 g/mol. The zero-order valence-electron chi connectivity index (χ0n) is 19.1. The maximum Gasteiger partial charge on any atom is 0.280 e. The summed E-state index contributed by atoms with van der Waals surface area (Å²) >= 11 is 0. The third-order valence-corrected chi connectivity index (χ3v) is 5.74. The van der Waals surface area contributed by atoms with Gasteiger partial charge in [0.25, 0.3) is 12.3 Å². The summed E-state index contributed by atoms with van der Waals surface area (Å²) in [6.45, 7) is 5.89. The Bertz CT molecular complexity index is 1300. The molecule has 0 radical (unpaired) electrons. The van der Waals surface area contributed by atoms with Gasteiger partial charge in [-0.05, 0) is 37.5 Å². The van der Waals surface area contributed by atoms with Crippen LogP contribution < -0.4 is 11.1 Å². The van der Waals surface area contributed by atoms with Crippen LogP contribution in [-0.2, 0) is 0 Å². The van der Waals surface area contributed by atoms with Crippen LogP contribution in [0.1, 0.15) is 67.7 Å². The summed E-state index contributed by atoms with van der Waals surface area (Å²) in [6.07, 6.45) is 5.57. The Labute approximate surface area is 195 Å². The number of pyridine rings is 2. The van der Waals surface area contributed by atoms with Crippen molar-refractivity contribution in [2.45, 2.75) is 52.1 Å². The van der Waals surface area contributed by atoms with Crippen molar-refractivity contribution in [1.29, 1.82) is 0 Å². The zero-order chi connectivity index (χ0) is 24.4. The Kier molecular flexibility index (Phi) is 6.53. The fraction of sp³-hybridized carbons (Fsp3) is 0.348. The smallest absolute Gasteiger partial charge is 0.280 e. The van der Waals surface area contributed by atoms with Gasteiger partial charge in [0.15, 0.2) is 5.65 Å². The van der Waals surface area contributed by atoms with Gasteiger partial charge >= 0.3 is 0 Å². The van der Waals surface area contributed by atoms with E-state index >= 15 is 0 Å². The number of carbonyl (C=O) groups excluding carboxylic acids is 1. The summed E-state index contributed by atoms with van der Waals surface area (Å²) in [4.78, 5) is 21.0. The molecular weight excluding hydrogens is 442 g/mol. The number of aromatic nitrogens is 6. The second kappa shape index (κ2) is 9.54. The van der Waals surface area contributed by atoms with E-state index in [0.29, 0.717) is 23.2 Å². The number of nitrogens with two attached hydrogens (primary N) is 1. The number of alkyl halides is 2. The molecule has 178 valence electrons. The highest BCUT2D eigenvalue weighted by molar-refractivity contribution is 6.01. The molecule has 4 heterocycles. The molecular formula is C23H26F2N8O. The number of amides is 1. The normalized spacial score (nSPS) is 13.4. The molecule has 0 saturated heterocycles. The topological polar surface area (TPSA) is 116 Å². The first-order valence-electron chi connectivity index (χ1n) is 11.1. The van der Waals surface area contributed by atoms with E-state index in [0.717, 1.165) is 17.5 Å². The van der Waals surface area contributed by atoms with Crippen LogP contribution in [0.15, 0.2) is 43.0 Å². The standard InChI is InChI=1S/C23H26F2N8O/c1-4-13(3)29-22(34)17-8-15(11-33-21(17)30-23(26)31-33)16-10-28-32(12-16)19(5-2)14-6-7-18(20(24)25)27-9-14/h6-13,19-20H,4-5H2,1-3H3,(H2,26,31)(H,29,34)/t13-,19?/m0/s1. The highest BCUT2D eigenvalue weighted by atomic mass is 19.3. The van der Waals surface area contributed by atoms with Crippen molar-refractivity contribution in [2.75, 3.05) is 5.73 Å². The van der Waals surface area contributed by atoms with Gasteiger partial charge in [-0.1, -0.05) is 19.9 Å². The molecule has 4 rings (SSSR count). The Morgan fingerprint density at radius 2 is 1.94 bits per heavy atom. The molecule has 1 amide bonds. The number of nitrogens with zero attached hydrogens (tertiary/aromatic N) is 6. The van der Waals surface area contributed by atoms with E-state index in [1.54, 1.807) is 29.2 Å². The fourth-order valence-corrected chi connectivity index (χ4v) is 3.71. The molecule has 2 atom stereocenters. The summed E-state index contributed by atoms with van der Waals surface area (Å²) in [5.41, 5.74) is 8.48. The molecule has 3 N–H and O–H groups in total. The maximum atomic E-state index is 12.9. The van der Waals surface area contributed by atoms with E-state index in [9.17, 15) is 13.6 Å². The SMILES string of the molecule is CCC(c1ccc(C(F)F)nc1)n1cc(-c2cc(C(=O)N[C@@H](C)CC)c3nc(N)nn3c2)cn1. The number of halogens is 2. The van der Waals surface area contributed by atoms with Gasteiger partial charge in [-0.25, -0.2) is 13.3 Å². The lowest BCUT2D eigenvalue weighted by atomic mass is 10.1. The monoisotopic (exact) mass is 468 g/mol.